The van der Waals surface area contributed by atoms with E-state index in [-0.39, 0.29) is 0 Å². The molecule has 1 amide bonds. The molecule has 1 aromatic rings. The van der Waals surface area contributed by atoms with Gasteiger partial charge in [0, 0.05) is 43.4 Å². The molecular weight excluding hydrogens is 300 g/mol. The maximum Gasteiger partial charge on any atom is 0.225 e. The summed E-state index contributed by atoms with van der Waals surface area (Å²) in [7, 11) is 0. The van der Waals surface area contributed by atoms with Crippen molar-refractivity contribution in [3.8, 4) is 0 Å². The van der Waals surface area contributed by atoms with Crippen molar-refractivity contribution in [2.24, 2.45) is 5.92 Å². The van der Waals surface area contributed by atoms with E-state index in [9.17, 15) is 4.79 Å². The monoisotopic (exact) mass is 330 g/mol. The molecule has 1 aliphatic carbocycles. The van der Waals surface area contributed by atoms with Crippen LogP contribution in [0, 0.1) is 19.8 Å². The second-order valence-corrected chi connectivity index (χ2v) is 7.54. The predicted octanol–water partition coefficient (Wildman–Crippen LogP) is 3.06. The Labute approximate surface area is 145 Å². The molecule has 0 unspecified atom stereocenters. The lowest BCUT2D eigenvalue weighted by Crippen LogP contribution is -2.41. The molecule has 2 heterocycles. The van der Waals surface area contributed by atoms with E-state index < -0.39 is 0 Å². The van der Waals surface area contributed by atoms with Crippen molar-refractivity contribution in [2.75, 3.05) is 31.1 Å². The van der Waals surface area contributed by atoms with Gasteiger partial charge in [0.15, 0.2) is 0 Å². The molecular formula is C19H30N4O. The fourth-order valence-electron chi connectivity index (χ4n) is 3.88. The molecule has 0 N–H and O–H groups in total. The molecule has 132 valence electrons. The van der Waals surface area contributed by atoms with Crippen LogP contribution in [0.15, 0.2) is 0 Å². The van der Waals surface area contributed by atoms with E-state index in [1.165, 1.54) is 12.0 Å². The highest BCUT2D eigenvalue weighted by Gasteiger charge is 2.31. The van der Waals surface area contributed by atoms with Gasteiger partial charge in [-0.25, -0.2) is 9.97 Å². The topological polar surface area (TPSA) is 49.3 Å². The summed E-state index contributed by atoms with van der Waals surface area (Å²) in [5, 5.41) is 0. The summed E-state index contributed by atoms with van der Waals surface area (Å²) in [5.41, 5.74) is 2.33. The number of nitrogens with zero attached hydrogens (tertiary/aromatic N) is 4. The minimum Gasteiger partial charge on any atom is -0.354 e. The Hall–Kier alpha value is -1.65. The molecule has 1 aliphatic heterocycles. The molecule has 2 fully saturated rings. The first-order valence-corrected chi connectivity index (χ1v) is 9.36. The van der Waals surface area contributed by atoms with Crippen molar-refractivity contribution >= 4 is 11.7 Å². The number of carbonyl (C=O) groups excluding carboxylic acids is 1. The minimum absolute atomic E-state index is 0.298. The van der Waals surface area contributed by atoms with E-state index in [1.807, 2.05) is 6.92 Å². The average Bonchev–Trinajstić information content (AvgIpc) is 2.69. The Morgan fingerprint density at radius 3 is 2.42 bits per heavy atom. The van der Waals surface area contributed by atoms with Crippen molar-refractivity contribution in [2.45, 2.75) is 59.3 Å². The van der Waals surface area contributed by atoms with Crippen LogP contribution in [0.25, 0.3) is 0 Å². The number of rotatable bonds is 3. The van der Waals surface area contributed by atoms with Gasteiger partial charge in [0.25, 0.3) is 0 Å². The summed E-state index contributed by atoms with van der Waals surface area (Å²) in [4.78, 5) is 26.3. The maximum absolute atomic E-state index is 12.5. The summed E-state index contributed by atoms with van der Waals surface area (Å²) in [6.45, 7) is 12.0. The number of anilines is 1. The number of carbonyl (C=O) groups is 1. The third kappa shape index (κ3) is 3.40. The Kier molecular flexibility index (Phi) is 5.07. The number of amides is 1. The minimum atomic E-state index is 0.298. The van der Waals surface area contributed by atoms with E-state index in [2.05, 4.69) is 35.6 Å². The van der Waals surface area contributed by atoms with Gasteiger partial charge in [0.2, 0.25) is 5.91 Å². The van der Waals surface area contributed by atoms with E-state index in [0.717, 1.165) is 62.8 Å². The Morgan fingerprint density at radius 1 is 1.04 bits per heavy atom. The van der Waals surface area contributed by atoms with Gasteiger partial charge in [0.1, 0.15) is 11.6 Å². The maximum atomic E-state index is 12.5. The van der Waals surface area contributed by atoms with Crippen molar-refractivity contribution in [1.29, 1.82) is 0 Å². The molecule has 2 aliphatic rings. The van der Waals surface area contributed by atoms with Crippen LogP contribution in [-0.2, 0) is 4.79 Å². The highest BCUT2D eigenvalue weighted by molar-refractivity contribution is 5.79. The van der Waals surface area contributed by atoms with Gasteiger partial charge in [-0.1, -0.05) is 20.3 Å². The summed E-state index contributed by atoms with van der Waals surface area (Å²) in [6.07, 6.45) is 4.40. The summed E-state index contributed by atoms with van der Waals surface area (Å²) in [5.74, 6) is 2.98. The third-order valence-corrected chi connectivity index (χ3v) is 5.37. The molecule has 0 radical (unpaired) electrons. The molecule has 1 saturated heterocycles. The van der Waals surface area contributed by atoms with Crippen molar-refractivity contribution in [3.05, 3.63) is 17.1 Å². The average molecular weight is 330 g/mol. The van der Waals surface area contributed by atoms with Crippen LogP contribution in [0.1, 0.15) is 62.5 Å². The first-order chi connectivity index (χ1) is 11.5. The van der Waals surface area contributed by atoms with Crippen molar-refractivity contribution < 1.29 is 4.79 Å². The lowest BCUT2D eigenvalue weighted by molar-refractivity contribution is -0.137. The Balaban J connectivity index is 1.77. The highest BCUT2D eigenvalue weighted by atomic mass is 16.2. The SMILES string of the molecule is Cc1nc(C)c(C(C)C)c(N2CCCN(C(=O)C3CCC3)CC2)n1. The van der Waals surface area contributed by atoms with E-state index in [1.54, 1.807) is 0 Å². The van der Waals surface area contributed by atoms with Crippen LogP contribution in [0.5, 0.6) is 0 Å². The van der Waals surface area contributed by atoms with E-state index in [0.29, 0.717) is 17.7 Å². The molecule has 5 heteroatoms. The van der Waals surface area contributed by atoms with Crippen LogP contribution in [0.3, 0.4) is 0 Å². The molecule has 1 saturated carbocycles. The molecule has 0 spiro atoms. The summed E-state index contributed by atoms with van der Waals surface area (Å²) < 4.78 is 0. The number of hydrogen-bond donors (Lipinski definition) is 0. The van der Waals surface area contributed by atoms with Crippen molar-refractivity contribution in [3.63, 3.8) is 0 Å². The lowest BCUT2D eigenvalue weighted by atomic mass is 9.84. The van der Waals surface area contributed by atoms with Crippen LogP contribution < -0.4 is 4.90 Å². The fraction of sp³-hybridized carbons (Fsp3) is 0.737. The van der Waals surface area contributed by atoms with Crippen molar-refractivity contribution in [1.82, 2.24) is 14.9 Å². The predicted molar refractivity (Wildman–Crippen MR) is 96.3 cm³/mol. The molecule has 0 bridgehead atoms. The van der Waals surface area contributed by atoms with Crippen LogP contribution in [-0.4, -0.2) is 47.0 Å². The van der Waals surface area contributed by atoms with Gasteiger partial charge in [-0.15, -0.1) is 0 Å². The molecule has 0 aromatic carbocycles. The summed E-state index contributed by atoms with van der Waals surface area (Å²) >= 11 is 0. The number of aromatic nitrogens is 2. The van der Waals surface area contributed by atoms with Gasteiger partial charge < -0.3 is 9.80 Å². The Morgan fingerprint density at radius 2 is 1.79 bits per heavy atom. The molecule has 3 rings (SSSR count). The molecule has 24 heavy (non-hydrogen) atoms. The van der Waals surface area contributed by atoms with Gasteiger partial charge in [-0.2, -0.15) is 0 Å². The van der Waals surface area contributed by atoms with Crippen LogP contribution in [0.4, 0.5) is 5.82 Å². The fourth-order valence-corrected chi connectivity index (χ4v) is 3.88. The number of hydrogen-bond acceptors (Lipinski definition) is 4. The zero-order valence-corrected chi connectivity index (χ0v) is 15.5. The molecule has 0 atom stereocenters. The first-order valence-electron chi connectivity index (χ1n) is 9.36. The zero-order chi connectivity index (χ0) is 17.3. The van der Waals surface area contributed by atoms with Gasteiger partial charge in [0.05, 0.1) is 0 Å². The second kappa shape index (κ2) is 7.08. The van der Waals surface area contributed by atoms with Gasteiger partial charge >= 0.3 is 0 Å². The Bertz CT molecular complexity index is 610. The lowest BCUT2D eigenvalue weighted by Gasteiger charge is -2.31. The highest BCUT2D eigenvalue weighted by Crippen LogP contribution is 2.31. The normalized spacial score (nSPS) is 19.4. The first kappa shape index (κ1) is 17.2. The quantitative estimate of drug-likeness (QED) is 0.855. The second-order valence-electron chi connectivity index (χ2n) is 7.54. The molecule has 5 nitrogen and oxygen atoms in total. The molecule has 1 aromatic heterocycles. The van der Waals surface area contributed by atoms with E-state index >= 15 is 0 Å². The van der Waals surface area contributed by atoms with Crippen LogP contribution >= 0.6 is 0 Å². The van der Waals surface area contributed by atoms with Gasteiger partial charge in [-0.05, 0) is 39.0 Å². The smallest absolute Gasteiger partial charge is 0.225 e. The summed E-state index contributed by atoms with van der Waals surface area (Å²) in [6, 6.07) is 0. The standard InChI is InChI=1S/C19H30N4O/c1-13(2)17-14(3)20-15(4)21-18(17)22-9-6-10-23(12-11-22)19(24)16-7-5-8-16/h13,16H,5-12H2,1-4H3. The van der Waals surface area contributed by atoms with Gasteiger partial charge in [-0.3, -0.25) is 4.79 Å². The van der Waals surface area contributed by atoms with Crippen LogP contribution in [0.2, 0.25) is 0 Å². The zero-order valence-electron chi connectivity index (χ0n) is 15.5. The third-order valence-electron chi connectivity index (χ3n) is 5.37. The van der Waals surface area contributed by atoms with E-state index in [4.69, 9.17) is 4.98 Å². The largest absolute Gasteiger partial charge is 0.354 e. The number of aryl methyl sites for hydroxylation is 2.